The number of amides is 2. The van der Waals surface area contributed by atoms with Crippen molar-refractivity contribution in [2.45, 2.75) is 0 Å². The molecule has 6 nitrogen and oxygen atoms in total. The summed E-state index contributed by atoms with van der Waals surface area (Å²) in [6.07, 6.45) is 0. The van der Waals surface area contributed by atoms with Gasteiger partial charge in [0, 0.05) is 33.3 Å². The van der Waals surface area contributed by atoms with Crippen molar-refractivity contribution >= 4 is 40.7 Å². The molecule has 1 saturated heterocycles. The lowest BCUT2D eigenvalue weighted by molar-refractivity contribution is -0.137. The molecule has 1 heterocycles. The van der Waals surface area contributed by atoms with Crippen LogP contribution in [0.1, 0.15) is 0 Å². The lowest BCUT2D eigenvalue weighted by atomic mass is 10.3. The van der Waals surface area contributed by atoms with Gasteiger partial charge in [0.25, 0.3) is 0 Å². The van der Waals surface area contributed by atoms with Crippen LogP contribution in [-0.4, -0.2) is 68.1 Å². The number of carbonyl (C=O) groups is 2. The molecule has 0 bridgehead atoms. The van der Waals surface area contributed by atoms with Gasteiger partial charge in [-0.05, 0) is 12.1 Å². The van der Waals surface area contributed by atoms with Crippen molar-refractivity contribution in [3.05, 3.63) is 28.2 Å². The van der Waals surface area contributed by atoms with Crippen LogP contribution in [0.4, 0.5) is 5.69 Å². The Morgan fingerprint density at radius 1 is 1.22 bits per heavy atom. The summed E-state index contributed by atoms with van der Waals surface area (Å²) >= 11 is 12.0. The molecule has 2 amide bonds. The van der Waals surface area contributed by atoms with Gasteiger partial charge in [0.2, 0.25) is 11.8 Å². The molecule has 0 radical (unpaired) electrons. The van der Waals surface area contributed by atoms with Gasteiger partial charge in [-0.25, -0.2) is 0 Å². The van der Waals surface area contributed by atoms with Crippen LogP contribution < -0.4 is 5.32 Å². The fourth-order valence-corrected chi connectivity index (χ4v) is 2.71. The van der Waals surface area contributed by atoms with Crippen LogP contribution in [0.2, 0.25) is 10.0 Å². The molecule has 0 aliphatic carbocycles. The van der Waals surface area contributed by atoms with Crippen LogP contribution in [0, 0.1) is 0 Å². The summed E-state index contributed by atoms with van der Waals surface area (Å²) in [6, 6.07) is 5.09. The molecule has 1 aromatic carbocycles. The third-order valence-corrected chi connectivity index (χ3v) is 4.40. The number of hydrogen-bond acceptors (Lipinski definition) is 4. The third-order valence-electron chi connectivity index (χ3n) is 3.59. The number of rotatable bonds is 5. The van der Waals surface area contributed by atoms with Crippen LogP contribution >= 0.6 is 23.2 Å². The van der Waals surface area contributed by atoms with E-state index >= 15 is 0 Å². The molecule has 126 valence electrons. The molecular weight excluding hydrogens is 341 g/mol. The van der Waals surface area contributed by atoms with Crippen LogP contribution in [0.5, 0.6) is 0 Å². The zero-order valence-electron chi connectivity index (χ0n) is 12.8. The lowest BCUT2D eigenvalue weighted by Gasteiger charge is -2.34. The largest absolute Gasteiger partial charge is 0.375 e. The number of carbonyl (C=O) groups excluding carboxylic acids is 2. The van der Waals surface area contributed by atoms with Gasteiger partial charge in [-0.15, -0.1) is 0 Å². The summed E-state index contributed by atoms with van der Waals surface area (Å²) < 4.78 is 4.84. The topological polar surface area (TPSA) is 61.9 Å². The van der Waals surface area contributed by atoms with Gasteiger partial charge in [0.05, 0.1) is 22.3 Å². The molecule has 0 spiro atoms. The highest BCUT2D eigenvalue weighted by Gasteiger charge is 2.22. The second-order valence-corrected chi connectivity index (χ2v) is 6.02. The van der Waals surface area contributed by atoms with Crippen molar-refractivity contribution in [2.75, 3.05) is 51.8 Å². The van der Waals surface area contributed by atoms with E-state index in [1.54, 1.807) is 23.1 Å². The quantitative estimate of drug-likeness (QED) is 0.869. The summed E-state index contributed by atoms with van der Waals surface area (Å²) in [7, 11) is 1.50. The molecular formula is C15H19Cl2N3O3. The summed E-state index contributed by atoms with van der Waals surface area (Å²) in [5, 5.41) is 3.48. The number of halogens is 2. The van der Waals surface area contributed by atoms with Crippen LogP contribution in [0.25, 0.3) is 0 Å². The molecule has 1 N–H and O–H groups in total. The molecule has 1 aliphatic heterocycles. The molecule has 1 aliphatic rings. The number of hydrogen-bond donors (Lipinski definition) is 1. The van der Waals surface area contributed by atoms with Gasteiger partial charge in [-0.2, -0.15) is 0 Å². The Balaban J connectivity index is 1.81. The monoisotopic (exact) mass is 359 g/mol. The van der Waals surface area contributed by atoms with Gasteiger partial charge in [-0.1, -0.05) is 29.3 Å². The molecule has 1 fully saturated rings. The SMILES string of the molecule is COCC(=O)N1CCN(CC(=O)Nc2cccc(Cl)c2Cl)CC1. The van der Waals surface area contributed by atoms with E-state index < -0.39 is 0 Å². The van der Waals surface area contributed by atoms with Gasteiger partial charge < -0.3 is 15.0 Å². The first-order chi connectivity index (χ1) is 11.0. The minimum Gasteiger partial charge on any atom is -0.375 e. The lowest BCUT2D eigenvalue weighted by Crippen LogP contribution is -2.51. The Labute approximate surface area is 145 Å². The standard InChI is InChI=1S/C15H19Cl2N3O3/c1-23-10-14(22)20-7-5-19(6-8-20)9-13(21)18-12-4-2-3-11(16)15(12)17/h2-4H,5-10H2,1H3,(H,18,21). The summed E-state index contributed by atoms with van der Waals surface area (Å²) in [6.45, 7) is 2.81. The zero-order valence-corrected chi connectivity index (χ0v) is 14.4. The average molecular weight is 360 g/mol. The van der Waals surface area contributed by atoms with Gasteiger partial charge >= 0.3 is 0 Å². The second kappa shape index (κ2) is 8.49. The number of nitrogens with zero attached hydrogens (tertiary/aromatic N) is 2. The van der Waals surface area contributed by atoms with E-state index in [9.17, 15) is 9.59 Å². The Morgan fingerprint density at radius 3 is 2.57 bits per heavy atom. The van der Waals surface area contributed by atoms with Gasteiger partial charge in [0.15, 0.2) is 0 Å². The normalized spacial score (nSPS) is 15.5. The maximum Gasteiger partial charge on any atom is 0.248 e. The molecule has 0 atom stereocenters. The molecule has 2 rings (SSSR count). The first-order valence-corrected chi connectivity index (χ1v) is 7.99. The number of nitrogens with one attached hydrogen (secondary N) is 1. The number of piperazine rings is 1. The Hall–Kier alpha value is -1.34. The van der Waals surface area contributed by atoms with E-state index in [0.717, 1.165) is 0 Å². The first kappa shape index (κ1) is 18.0. The van der Waals surface area contributed by atoms with Gasteiger partial charge in [-0.3, -0.25) is 14.5 Å². The molecule has 23 heavy (non-hydrogen) atoms. The van der Waals surface area contributed by atoms with E-state index in [4.69, 9.17) is 27.9 Å². The van der Waals surface area contributed by atoms with E-state index in [1.165, 1.54) is 7.11 Å². The third kappa shape index (κ3) is 5.07. The van der Waals surface area contributed by atoms with Gasteiger partial charge in [0.1, 0.15) is 6.61 Å². The van der Waals surface area contributed by atoms with Crippen molar-refractivity contribution in [3.8, 4) is 0 Å². The average Bonchev–Trinajstić information content (AvgIpc) is 2.53. The van der Waals surface area contributed by atoms with Crippen molar-refractivity contribution in [1.29, 1.82) is 0 Å². The smallest absolute Gasteiger partial charge is 0.248 e. The fourth-order valence-electron chi connectivity index (χ4n) is 2.36. The minimum absolute atomic E-state index is 0.0256. The Bertz CT molecular complexity index is 575. The summed E-state index contributed by atoms with van der Waals surface area (Å²) in [4.78, 5) is 27.6. The van der Waals surface area contributed by atoms with E-state index in [1.807, 2.05) is 4.90 Å². The highest BCUT2D eigenvalue weighted by molar-refractivity contribution is 6.43. The van der Waals surface area contributed by atoms with E-state index in [-0.39, 0.29) is 25.0 Å². The number of benzene rings is 1. The van der Waals surface area contributed by atoms with Crippen molar-refractivity contribution < 1.29 is 14.3 Å². The van der Waals surface area contributed by atoms with Crippen LogP contribution in [0.3, 0.4) is 0 Å². The highest BCUT2D eigenvalue weighted by Crippen LogP contribution is 2.29. The molecule has 0 aromatic heterocycles. The van der Waals surface area contributed by atoms with Crippen molar-refractivity contribution in [3.63, 3.8) is 0 Å². The molecule has 8 heteroatoms. The van der Waals surface area contributed by atoms with E-state index in [0.29, 0.717) is 41.9 Å². The maximum absolute atomic E-state index is 12.1. The van der Waals surface area contributed by atoms with Crippen LogP contribution in [0.15, 0.2) is 18.2 Å². The van der Waals surface area contributed by atoms with Crippen LogP contribution in [-0.2, 0) is 14.3 Å². The Kier molecular flexibility index (Phi) is 6.65. The molecule has 0 unspecified atom stereocenters. The Morgan fingerprint density at radius 2 is 1.91 bits per heavy atom. The highest BCUT2D eigenvalue weighted by atomic mass is 35.5. The number of methoxy groups -OCH3 is 1. The van der Waals surface area contributed by atoms with Crippen molar-refractivity contribution in [2.24, 2.45) is 0 Å². The second-order valence-electron chi connectivity index (χ2n) is 5.24. The molecule has 0 saturated carbocycles. The first-order valence-electron chi connectivity index (χ1n) is 7.24. The summed E-state index contributed by atoms with van der Waals surface area (Å²) in [5.74, 6) is -0.187. The number of anilines is 1. The predicted molar refractivity (Wildman–Crippen MR) is 90.0 cm³/mol. The fraction of sp³-hybridized carbons (Fsp3) is 0.467. The molecule has 1 aromatic rings. The minimum atomic E-state index is -0.161. The zero-order chi connectivity index (χ0) is 16.8. The van der Waals surface area contributed by atoms with Crippen molar-refractivity contribution in [1.82, 2.24) is 9.80 Å². The predicted octanol–water partition coefficient (Wildman–Crippen LogP) is 1.72. The van der Waals surface area contributed by atoms with E-state index in [2.05, 4.69) is 5.32 Å². The summed E-state index contributed by atoms with van der Waals surface area (Å²) in [5.41, 5.74) is 0.498. The maximum atomic E-state index is 12.1. The number of ether oxygens (including phenoxy) is 1.